The summed E-state index contributed by atoms with van der Waals surface area (Å²) in [7, 11) is 0. The van der Waals surface area contributed by atoms with E-state index >= 15 is 0 Å². The van der Waals surface area contributed by atoms with E-state index in [0.717, 1.165) is 18.1 Å². The lowest BCUT2D eigenvalue weighted by atomic mass is 9.78. The van der Waals surface area contributed by atoms with Crippen LogP contribution >= 0.6 is 0 Å². The van der Waals surface area contributed by atoms with Crippen molar-refractivity contribution in [1.82, 2.24) is 9.97 Å². The second-order valence-corrected chi connectivity index (χ2v) is 5.87. The van der Waals surface area contributed by atoms with Crippen molar-refractivity contribution in [3.05, 3.63) is 22.2 Å². The van der Waals surface area contributed by atoms with Crippen LogP contribution < -0.4 is 10.9 Å². The van der Waals surface area contributed by atoms with Gasteiger partial charge in [0.15, 0.2) is 0 Å². The average molecular weight is 263 g/mol. The first kappa shape index (κ1) is 14.1. The molecule has 4 heteroatoms. The fraction of sp³-hybridized carbons (Fsp3) is 0.733. The van der Waals surface area contributed by atoms with Crippen LogP contribution in [0.1, 0.15) is 52.3 Å². The fourth-order valence-corrected chi connectivity index (χ4v) is 3.08. The maximum absolute atomic E-state index is 11.6. The molecule has 1 aromatic heterocycles. The lowest BCUT2D eigenvalue weighted by molar-refractivity contribution is 0.253. The van der Waals surface area contributed by atoms with Crippen molar-refractivity contribution in [3.8, 4) is 0 Å². The minimum Gasteiger partial charge on any atom is -0.367 e. The Bertz CT molecular complexity index is 467. The van der Waals surface area contributed by atoms with Gasteiger partial charge >= 0.3 is 0 Å². The van der Waals surface area contributed by atoms with Crippen molar-refractivity contribution in [2.24, 2.45) is 11.8 Å². The highest BCUT2D eigenvalue weighted by Gasteiger charge is 2.27. The number of aromatic amines is 1. The Morgan fingerprint density at radius 2 is 2.16 bits per heavy atom. The third-order valence-electron chi connectivity index (χ3n) is 4.13. The molecule has 1 aliphatic carbocycles. The summed E-state index contributed by atoms with van der Waals surface area (Å²) in [5.74, 6) is 2.84. The molecule has 0 saturated heterocycles. The Labute approximate surface area is 115 Å². The number of hydrogen-bond acceptors (Lipinski definition) is 3. The van der Waals surface area contributed by atoms with E-state index in [1.807, 2.05) is 6.92 Å². The summed E-state index contributed by atoms with van der Waals surface area (Å²) >= 11 is 0. The van der Waals surface area contributed by atoms with Crippen molar-refractivity contribution in [2.75, 3.05) is 5.32 Å². The Morgan fingerprint density at radius 1 is 1.42 bits per heavy atom. The van der Waals surface area contributed by atoms with E-state index in [4.69, 9.17) is 0 Å². The largest absolute Gasteiger partial charge is 0.367 e. The van der Waals surface area contributed by atoms with Crippen LogP contribution in [-0.4, -0.2) is 16.0 Å². The van der Waals surface area contributed by atoms with Crippen LogP contribution in [0.4, 0.5) is 5.82 Å². The molecule has 2 rings (SSSR count). The molecule has 4 nitrogen and oxygen atoms in total. The van der Waals surface area contributed by atoms with Crippen molar-refractivity contribution in [1.29, 1.82) is 0 Å². The zero-order chi connectivity index (χ0) is 13.8. The summed E-state index contributed by atoms with van der Waals surface area (Å²) in [5.41, 5.74) is -0.0637. The molecule has 2 atom stereocenters. The molecule has 0 aliphatic heterocycles. The van der Waals surface area contributed by atoms with E-state index in [-0.39, 0.29) is 5.56 Å². The molecule has 0 bridgehead atoms. The smallest absolute Gasteiger partial charge is 0.252 e. The second kappa shape index (κ2) is 6.22. The number of aromatic nitrogens is 2. The molecular formula is C15H25N3O. The topological polar surface area (TPSA) is 57.8 Å². The molecule has 1 heterocycles. The summed E-state index contributed by atoms with van der Waals surface area (Å²) in [6, 6.07) is 2.03. The SMILES string of the molecule is CCc1nc(NC2CCCCC2C(C)C)cc(=O)[nH]1. The summed E-state index contributed by atoms with van der Waals surface area (Å²) in [6.07, 6.45) is 5.80. The predicted octanol–water partition coefficient (Wildman–Crippen LogP) is 2.96. The van der Waals surface area contributed by atoms with Gasteiger partial charge < -0.3 is 10.3 Å². The monoisotopic (exact) mass is 263 g/mol. The fourth-order valence-electron chi connectivity index (χ4n) is 3.08. The zero-order valence-corrected chi connectivity index (χ0v) is 12.2. The molecule has 19 heavy (non-hydrogen) atoms. The molecule has 2 unspecified atom stereocenters. The first-order valence-corrected chi connectivity index (χ1v) is 7.47. The van der Waals surface area contributed by atoms with Gasteiger partial charge in [0.25, 0.3) is 5.56 Å². The lowest BCUT2D eigenvalue weighted by Gasteiger charge is -2.35. The molecule has 2 N–H and O–H groups in total. The molecule has 0 spiro atoms. The maximum atomic E-state index is 11.6. The van der Waals surface area contributed by atoms with Crippen LogP contribution in [0.3, 0.4) is 0 Å². The van der Waals surface area contributed by atoms with Crippen molar-refractivity contribution < 1.29 is 0 Å². The normalized spacial score (nSPS) is 23.6. The first-order chi connectivity index (χ1) is 9.10. The third-order valence-corrected chi connectivity index (χ3v) is 4.13. The van der Waals surface area contributed by atoms with E-state index in [9.17, 15) is 4.79 Å². The van der Waals surface area contributed by atoms with Crippen molar-refractivity contribution in [3.63, 3.8) is 0 Å². The van der Waals surface area contributed by atoms with Crippen molar-refractivity contribution in [2.45, 2.75) is 58.9 Å². The Morgan fingerprint density at radius 3 is 2.84 bits per heavy atom. The Hall–Kier alpha value is -1.32. The number of hydrogen-bond donors (Lipinski definition) is 2. The van der Waals surface area contributed by atoms with Gasteiger partial charge in [-0.2, -0.15) is 0 Å². The highest BCUT2D eigenvalue weighted by Crippen LogP contribution is 2.31. The van der Waals surface area contributed by atoms with E-state index in [2.05, 4.69) is 29.1 Å². The highest BCUT2D eigenvalue weighted by atomic mass is 16.1. The minimum atomic E-state index is -0.0637. The molecule has 1 saturated carbocycles. The van der Waals surface area contributed by atoms with Crippen LogP contribution in [0.2, 0.25) is 0 Å². The van der Waals surface area contributed by atoms with E-state index < -0.39 is 0 Å². The van der Waals surface area contributed by atoms with Gasteiger partial charge in [0.05, 0.1) is 0 Å². The van der Waals surface area contributed by atoms with Gasteiger partial charge in [0.2, 0.25) is 0 Å². The molecule has 106 valence electrons. The number of H-pyrrole nitrogens is 1. The molecule has 1 aliphatic rings. The number of nitrogens with one attached hydrogen (secondary N) is 2. The molecular weight excluding hydrogens is 238 g/mol. The third kappa shape index (κ3) is 3.58. The van der Waals surface area contributed by atoms with E-state index in [1.54, 1.807) is 6.07 Å². The quantitative estimate of drug-likeness (QED) is 0.878. The van der Waals surface area contributed by atoms with Crippen LogP contribution in [-0.2, 0) is 6.42 Å². The van der Waals surface area contributed by atoms with Crippen LogP contribution in [0.25, 0.3) is 0 Å². The molecule has 0 radical (unpaired) electrons. The Kier molecular flexibility index (Phi) is 4.61. The minimum absolute atomic E-state index is 0.0637. The maximum Gasteiger partial charge on any atom is 0.252 e. The molecule has 0 amide bonds. The zero-order valence-electron chi connectivity index (χ0n) is 12.2. The summed E-state index contributed by atoms with van der Waals surface area (Å²) in [5, 5.41) is 3.50. The van der Waals surface area contributed by atoms with Gasteiger partial charge in [0, 0.05) is 18.5 Å². The van der Waals surface area contributed by atoms with Crippen molar-refractivity contribution >= 4 is 5.82 Å². The van der Waals surface area contributed by atoms with E-state index in [0.29, 0.717) is 17.9 Å². The number of anilines is 1. The summed E-state index contributed by atoms with van der Waals surface area (Å²) in [6.45, 7) is 6.57. The second-order valence-electron chi connectivity index (χ2n) is 5.87. The molecule has 1 fully saturated rings. The number of rotatable bonds is 4. The van der Waals surface area contributed by atoms with Gasteiger partial charge in [-0.15, -0.1) is 0 Å². The van der Waals surface area contributed by atoms with Gasteiger partial charge in [-0.3, -0.25) is 4.79 Å². The standard InChI is InChI=1S/C15H25N3O/c1-4-13-17-14(9-15(19)18-13)16-12-8-6-5-7-11(12)10(2)3/h9-12H,4-8H2,1-3H3,(H2,16,17,18,19). The van der Waals surface area contributed by atoms with Crippen LogP contribution in [0.15, 0.2) is 10.9 Å². The van der Waals surface area contributed by atoms with Crippen LogP contribution in [0, 0.1) is 11.8 Å². The Balaban J connectivity index is 2.14. The van der Waals surface area contributed by atoms with Gasteiger partial charge in [-0.25, -0.2) is 4.98 Å². The predicted molar refractivity (Wildman–Crippen MR) is 78.4 cm³/mol. The molecule has 0 aromatic carbocycles. The van der Waals surface area contributed by atoms with Gasteiger partial charge in [0.1, 0.15) is 11.6 Å². The molecule has 1 aromatic rings. The highest BCUT2D eigenvalue weighted by molar-refractivity contribution is 5.34. The number of aryl methyl sites for hydroxylation is 1. The lowest BCUT2D eigenvalue weighted by Crippen LogP contribution is -2.36. The van der Waals surface area contributed by atoms with Gasteiger partial charge in [-0.05, 0) is 24.7 Å². The van der Waals surface area contributed by atoms with Crippen LogP contribution in [0.5, 0.6) is 0 Å². The summed E-state index contributed by atoms with van der Waals surface area (Å²) in [4.78, 5) is 18.8. The van der Waals surface area contributed by atoms with E-state index in [1.165, 1.54) is 25.7 Å². The summed E-state index contributed by atoms with van der Waals surface area (Å²) < 4.78 is 0. The van der Waals surface area contributed by atoms with Gasteiger partial charge in [-0.1, -0.05) is 33.6 Å². The average Bonchev–Trinajstić information content (AvgIpc) is 2.38. The number of nitrogens with zero attached hydrogens (tertiary/aromatic N) is 1. The first-order valence-electron chi connectivity index (χ1n) is 7.47.